The van der Waals surface area contributed by atoms with E-state index < -0.39 is 0 Å². The first-order valence-electron chi connectivity index (χ1n) is 5.18. The van der Waals surface area contributed by atoms with Crippen molar-refractivity contribution >= 4 is 21.8 Å². The van der Waals surface area contributed by atoms with Gasteiger partial charge in [0.2, 0.25) is 5.91 Å². The number of carbonyl (C=O) groups excluding carboxylic acids is 1. The quantitative estimate of drug-likeness (QED) is 0.780. The van der Waals surface area contributed by atoms with Crippen molar-refractivity contribution in [2.75, 3.05) is 7.05 Å². The number of amides is 1. The zero-order valence-electron chi connectivity index (χ0n) is 9.41. The lowest BCUT2D eigenvalue weighted by molar-refractivity contribution is -0.129. The minimum Gasteiger partial charge on any atom is -0.340 e. The average Bonchev–Trinajstić information content (AvgIpc) is 2.30. The number of hydrogen-bond donors (Lipinski definition) is 0. The number of benzene rings is 1. The van der Waals surface area contributed by atoms with E-state index in [-0.39, 0.29) is 16.6 Å². The Morgan fingerprint density at radius 2 is 2.00 bits per heavy atom. The van der Waals surface area contributed by atoms with Gasteiger partial charge in [0.25, 0.3) is 0 Å². The number of nitrogens with zero attached hydrogens (tertiary/aromatic N) is 1. The summed E-state index contributed by atoms with van der Waals surface area (Å²) in [5.74, 6) is -0.212. The fraction of sp³-hybridized carbons (Fsp3) is 0.417. The molecule has 0 radical (unpaired) electrons. The van der Waals surface area contributed by atoms with Crippen LogP contribution in [0.2, 0.25) is 0 Å². The highest BCUT2D eigenvalue weighted by molar-refractivity contribution is 9.10. The van der Waals surface area contributed by atoms with E-state index in [1.807, 2.05) is 6.92 Å². The summed E-state index contributed by atoms with van der Waals surface area (Å²) in [6.45, 7) is 2.45. The minimum atomic E-state index is -0.260. The standard InChI is InChI=1S/C12H15BrFNO/c1-3-11(13)12(16)15(2)8-9-4-6-10(14)7-5-9/h4-7,11H,3,8H2,1-2H3. The predicted octanol–water partition coefficient (Wildman–Crippen LogP) is 2.96. The van der Waals surface area contributed by atoms with Gasteiger partial charge < -0.3 is 4.90 Å². The molecule has 0 N–H and O–H groups in total. The molecule has 1 aromatic rings. The largest absolute Gasteiger partial charge is 0.340 e. The highest BCUT2D eigenvalue weighted by Crippen LogP contribution is 2.11. The van der Waals surface area contributed by atoms with E-state index in [9.17, 15) is 9.18 Å². The maximum absolute atomic E-state index is 12.7. The van der Waals surface area contributed by atoms with E-state index in [2.05, 4.69) is 15.9 Å². The molecule has 0 saturated heterocycles. The van der Waals surface area contributed by atoms with Crippen LogP contribution in [0, 0.1) is 5.82 Å². The Labute approximate surface area is 104 Å². The van der Waals surface area contributed by atoms with Crippen molar-refractivity contribution in [1.82, 2.24) is 4.90 Å². The van der Waals surface area contributed by atoms with Crippen LogP contribution in [-0.4, -0.2) is 22.7 Å². The molecule has 0 aliphatic carbocycles. The molecule has 0 aliphatic heterocycles. The summed E-state index contributed by atoms with van der Waals surface area (Å²) < 4.78 is 12.7. The van der Waals surface area contributed by atoms with Gasteiger partial charge in [0.05, 0.1) is 4.83 Å². The second-order valence-electron chi connectivity index (χ2n) is 3.70. The fourth-order valence-corrected chi connectivity index (χ4v) is 1.70. The smallest absolute Gasteiger partial charge is 0.236 e. The number of alkyl halides is 1. The van der Waals surface area contributed by atoms with Gasteiger partial charge in [-0.1, -0.05) is 35.0 Å². The maximum atomic E-state index is 12.7. The average molecular weight is 288 g/mol. The molecule has 1 aromatic carbocycles. The Balaban J connectivity index is 2.60. The molecule has 0 bridgehead atoms. The van der Waals surface area contributed by atoms with Crippen molar-refractivity contribution in [3.63, 3.8) is 0 Å². The van der Waals surface area contributed by atoms with Crippen LogP contribution < -0.4 is 0 Å². The molecular weight excluding hydrogens is 273 g/mol. The van der Waals surface area contributed by atoms with E-state index in [1.54, 1.807) is 24.1 Å². The van der Waals surface area contributed by atoms with Crippen LogP contribution in [0.5, 0.6) is 0 Å². The molecule has 0 fully saturated rings. The van der Waals surface area contributed by atoms with Gasteiger partial charge in [-0.3, -0.25) is 4.79 Å². The summed E-state index contributed by atoms with van der Waals surface area (Å²) >= 11 is 3.32. The SMILES string of the molecule is CCC(Br)C(=O)N(C)Cc1ccc(F)cc1. The summed E-state index contributed by atoms with van der Waals surface area (Å²) in [7, 11) is 1.75. The van der Waals surface area contributed by atoms with Gasteiger partial charge in [-0.2, -0.15) is 0 Å². The van der Waals surface area contributed by atoms with Gasteiger partial charge in [0.15, 0.2) is 0 Å². The van der Waals surface area contributed by atoms with E-state index in [4.69, 9.17) is 0 Å². The molecule has 1 amide bonds. The van der Waals surface area contributed by atoms with Crippen molar-refractivity contribution in [1.29, 1.82) is 0 Å². The van der Waals surface area contributed by atoms with Crippen molar-refractivity contribution < 1.29 is 9.18 Å². The van der Waals surface area contributed by atoms with Crippen LogP contribution in [0.15, 0.2) is 24.3 Å². The molecule has 0 spiro atoms. The highest BCUT2D eigenvalue weighted by Gasteiger charge is 2.16. The Morgan fingerprint density at radius 1 is 1.44 bits per heavy atom. The zero-order chi connectivity index (χ0) is 12.1. The molecule has 0 aliphatic rings. The normalized spacial score (nSPS) is 12.2. The third-order valence-corrected chi connectivity index (χ3v) is 3.37. The molecule has 2 nitrogen and oxygen atoms in total. The van der Waals surface area contributed by atoms with Crippen LogP contribution in [0.4, 0.5) is 4.39 Å². The summed E-state index contributed by atoms with van der Waals surface area (Å²) in [5.41, 5.74) is 0.924. The van der Waals surface area contributed by atoms with E-state index in [0.29, 0.717) is 6.54 Å². The summed E-state index contributed by atoms with van der Waals surface area (Å²) in [6, 6.07) is 6.18. The van der Waals surface area contributed by atoms with E-state index in [0.717, 1.165) is 12.0 Å². The molecule has 88 valence electrons. The minimum absolute atomic E-state index is 0.0480. The van der Waals surface area contributed by atoms with Crippen LogP contribution in [-0.2, 0) is 11.3 Å². The first-order valence-corrected chi connectivity index (χ1v) is 6.09. The number of carbonyl (C=O) groups is 1. The Hall–Kier alpha value is -0.900. The summed E-state index contributed by atoms with van der Waals surface area (Å²) in [4.78, 5) is 13.2. The van der Waals surface area contributed by atoms with Gasteiger partial charge in [-0.05, 0) is 24.1 Å². The second-order valence-corrected chi connectivity index (χ2v) is 4.80. The molecule has 16 heavy (non-hydrogen) atoms. The number of hydrogen-bond acceptors (Lipinski definition) is 1. The van der Waals surface area contributed by atoms with Crippen molar-refractivity contribution in [3.8, 4) is 0 Å². The Kier molecular flexibility index (Phi) is 4.93. The number of halogens is 2. The van der Waals surface area contributed by atoms with Crippen molar-refractivity contribution in [3.05, 3.63) is 35.6 Å². The predicted molar refractivity (Wildman–Crippen MR) is 65.9 cm³/mol. The van der Waals surface area contributed by atoms with Crippen LogP contribution in [0.1, 0.15) is 18.9 Å². The Morgan fingerprint density at radius 3 is 2.50 bits per heavy atom. The molecule has 1 atom stereocenters. The first kappa shape index (κ1) is 13.2. The highest BCUT2D eigenvalue weighted by atomic mass is 79.9. The zero-order valence-corrected chi connectivity index (χ0v) is 11.0. The lowest BCUT2D eigenvalue weighted by atomic mass is 10.2. The van der Waals surface area contributed by atoms with E-state index >= 15 is 0 Å². The van der Waals surface area contributed by atoms with Crippen LogP contribution in [0.25, 0.3) is 0 Å². The fourth-order valence-electron chi connectivity index (χ4n) is 1.36. The van der Waals surface area contributed by atoms with Gasteiger partial charge in [0.1, 0.15) is 5.82 Å². The van der Waals surface area contributed by atoms with Crippen molar-refractivity contribution in [2.24, 2.45) is 0 Å². The lowest BCUT2D eigenvalue weighted by Gasteiger charge is -2.19. The first-order chi connectivity index (χ1) is 7.54. The lowest BCUT2D eigenvalue weighted by Crippen LogP contribution is -2.32. The second kappa shape index (κ2) is 5.99. The molecule has 1 rings (SSSR count). The maximum Gasteiger partial charge on any atom is 0.236 e. The van der Waals surface area contributed by atoms with Gasteiger partial charge >= 0.3 is 0 Å². The van der Waals surface area contributed by atoms with E-state index in [1.165, 1.54) is 12.1 Å². The Bertz CT molecular complexity index is 353. The van der Waals surface area contributed by atoms with Gasteiger partial charge in [0, 0.05) is 13.6 Å². The molecule has 0 aromatic heterocycles. The van der Waals surface area contributed by atoms with Gasteiger partial charge in [-0.15, -0.1) is 0 Å². The van der Waals surface area contributed by atoms with Gasteiger partial charge in [-0.25, -0.2) is 4.39 Å². The molecular formula is C12H15BrFNO. The third-order valence-electron chi connectivity index (χ3n) is 2.34. The van der Waals surface area contributed by atoms with Crippen LogP contribution >= 0.6 is 15.9 Å². The van der Waals surface area contributed by atoms with Crippen LogP contribution in [0.3, 0.4) is 0 Å². The van der Waals surface area contributed by atoms with Crippen molar-refractivity contribution in [2.45, 2.75) is 24.7 Å². The third kappa shape index (κ3) is 3.59. The topological polar surface area (TPSA) is 20.3 Å². The molecule has 1 unspecified atom stereocenters. The molecule has 0 saturated carbocycles. The monoisotopic (exact) mass is 287 g/mol. The number of rotatable bonds is 4. The summed E-state index contributed by atoms with van der Waals surface area (Å²) in [5, 5.41) is 0. The molecule has 4 heteroatoms. The summed E-state index contributed by atoms with van der Waals surface area (Å²) in [6.07, 6.45) is 0.757. The molecule has 0 heterocycles.